The summed E-state index contributed by atoms with van der Waals surface area (Å²) in [7, 11) is 1.60. The summed E-state index contributed by atoms with van der Waals surface area (Å²) in [4.78, 5) is 11.5. The number of methoxy groups -OCH3 is 1. The van der Waals surface area contributed by atoms with Crippen molar-refractivity contribution in [2.75, 3.05) is 7.11 Å². The second kappa shape index (κ2) is 7.84. The van der Waals surface area contributed by atoms with Gasteiger partial charge in [-0.1, -0.05) is 0 Å². The van der Waals surface area contributed by atoms with Gasteiger partial charge in [0.15, 0.2) is 5.76 Å². The molecule has 0 spiro atoms. The van der Waals surface area contributed by atoms with Crippen molar-refractivity contribution in [3.05, 3.63) is 83.1 Å². The zero-order valence-electron chi connectivity index (χ0n) is 15.9. The topological polar surface area (TPSA) is 60.0 Å². The van der Waals surface area contributed by atoms with E-state index in [0.717, 1.165) is 27.7 Å². The van der Waals surface area contributed by atoms with E-state index in [1.807, 2.05) is 31.3 Å². The normalized spacial score (nSPS) is 17.0. The lowest BCUT2D eigenvalue weighted by Gasteiger charge is -2.23. The highest BCUT2D eigenvalue weighted by Gasteiger charge is 2.27. The monoisotopic (exact) mass is 379 g/mol. The van der Waals surface area contributed by atoms with Gasteiger partial charge in [-0.25, -0.2) is 9.37 Å². The van der Waals surface area contributed by atoms with Gasteiger partial charge in [-0.2, -0.15) is 0 Å². The van der Waals surface area contributed by atoms with E-state index < -0.39 is 0 Å². The third kappa shape index (κ3) is 3.63. The van der Waals surface area contributed by atoms with Gasteiger partial charge in [0.25, 0.3) is 0 Å². The Balaban J connectivity index is 1.50. The Bertz CT molecular complexity index is 1050. The van der Waals surface area contributed by atoms with Crippen molar-refractivity contribution in [1.29, 1.82) is 0 Å². The molecular formula is C22H22FN3O2. The highest BCUT2D eigenvalue weighted by Crippen LogP contribution is 2.35. The number of H-pyrrole nitrogens is 1. The summed E-state index contributed by atoms with van der Waals surface area (Å²) >= 11 is 0. The summed E-state index contributed by atoms with van der Waals surface area (Å²) < 4.78 is 26.3. The number of hydrogen-bond donors (Lipinski definition) is 1. The molecule has 144 valence electrons. The van der Waals surface area contributed by atoms with E-state index in [-0.39, 0.29) is 11.7 Å². The molecule has 5 nitrogen and oxygen atoms in total. The SMILES string of the molecule is COC1=C(OCc2ccncc2C)C=C(F)C(Cc2c[nH]c3ncccc23)C1. The fraction of sp³-hybridized carbons (Fsp3) is 0.273. The Kier molecular flexibility index (Phi) is 5.10. The first-order chi connectivity index (χ1) is 13.7. The van der Waals surface area contributed by atoms with Crippen molar-refractivity contribution in [3.63, 3.8) is 0 Å². The van der Waals surface area contributed by atoms with Gasteiger partial charge in [-0.05, 0) is 48.2 Å². The summed E-state index contributed by atoms with van der Waals surface area (Å²) in [6.45, 7) is 2.32. The lowest BCUT2D eigenvalue weighted by molar-refractivity contribution is 0.159. The maximum Gasteiger partial charge on any atom is 0.159 e. The van der Waals surface area contributed by atoms with Crippen molar-refractivity contribution < 1.29 is 13.9 Å². The Morgan fingerprint density at radius 3 is 2.96 bits per heavy atom. The molecule has 3 aromatic heterocycles. The number of nitrogens with zero attached hydrogens (tertiary/aromatic N) is 2. The number of aromatic nitrogens is 3. The fourth-order valence-corrected chi connectivity index (χ4v) is 3.49. The average molecular weight is 379 g/mol. The molecular weight excluding hydrogens is 357 g/mol. The predicted molar refractivity (Wildman–Crippen MR) is 105 cm³/mol. The molecule has 1 N–H and O–H groups in total. The molecule has 0 saturated heterocycles. The molecule has 0 saturated carbocycles. The van der Waals surface area contributed by atoms with Crippen LogP contribution in [-0.4, -0.2) is 22.1 Å². The van der Waals surface area contributed by atoms with Crippen molar-refractivity contribution in [2.24, 2.45) is 5.92 Å². The molecule has 0 amide bonds. The molecule has 6 heteroatoms. The zero-order chi connectivity index (χ0) is 19.5. The number of aromatic amines is 1. The predicted octanol–water partition coefficient (Wildman–Crippen LogP) is 4.76. The minimum atomic E-state index is -0.288. The maximum absolute atomic E-state index is 14.9. The molecule has 0 radical (unpaired) electrons. The Morgan fingerprint density at radius 2 is 2.14 bits per heavy atom. The quantitative estimate of drug-likeness (QED) is 0.671. The largest absolute Gasteiger partial charge is 0.497 e. The minimum absolute atomic E-state index is 0.194. The minimum Gasteiger partial charge on any atom is -0.497 e. The van der Waals surface area contributed by atoms with Crippen LogP contribution in [0, 0.1) is 12.8 Å². The first-order valence-corrected chi connectivity index (χ1v) is 9.23. The molecule has 0 fully saturated rings. The third-order valence-corrected chi connectivity index (χ3v) is 5.13. The molecule has 28 heavy (non-hydrogen) atoms. The van der Waals surface area contributed by atoms with E-state index >= 15 is 0 Å². The number of aryl methyl sites for hydroxylation is 1. The van der Waals surface area contributed by atoms with Crippen LogP contribution in [0.2, 0.25) is 0 Å². The summed E-state index contributed by atoms with van der Waals surface area (Å²) in [5.41, 5.74) is 3.91. The number of rotatable bonds is 6. The second-order valence-electron chi connectivity index (χ2n) is 6.93. The van der Waals surface area contributed by atoms with E-state index in [2.05, 4.69) is 15.0 Å². The molecule has 4 rings (SSSR count). The molecule has 0 bridgehead atoms. The average Bonchev–Trinajstić information content (AvgIpc) is 3.12. The van der Waals surface area contributed by atoms with Gasteiger partial charge in [-0.15, -0.1) is 0 Å². The van der Waals surface area contributed by atoms with Crippen LogP contribution in [0.4, 0.5) is 4.39 Å². The standard InChI is InChI=1S/C22H22FN3O2/c1-14-11-24-7-5-15(14)13-28-21-10-19(23)16(9-20(21)27-2)8-17-12-26-22-18(17)4-3-6-25-22/h3-7,10-12,16H,8-9,13H2,1-2H3,(H,25,26). The number of fused-ring (bicyclic) bond motifs is 1. The summed E-state index contributed by atoms with van der Waals surface area (Å²) in [5, 5.41) is 1.02. The number of pyridine rings is 2. The maximum atomic E-state index is 14.9. The zero-order valence-corrected chi connectivity index (χ0v) is 15.9. The first kappa shape index (κ1) is 18.2. The number of halogens is 1. The van der Waals surface area contributed by atoms with Crippen LogP contribution in [0.15, 0.2) is 66.4 Å². The molecule has 1 atom stereocenters. The number of ether oxygens (including phenoxy) is 2. The van der Waals surface area contributed by atoms with Gasteiger partial charge in [0.1, 0.15) is 23.8 Å². The molecule has 3 heterocycles. The highest BCUT2D eigenvalue weighted by atomic mass is 19.1. The molecule has 3 aromatic rings. The second-order valence-corrected chi connectivity index (χ2v) is 6.93. The van der Waals surface area contributed by atoms with E-state index in [9.17, 15) is 4.39 Å². The van der Waals surface area contributed by atoms with Crippen molar-refractivity contribution >= 4 is 11.0 Å². The van der Waals surface area contributed by atoms with Gasteiger partial charge >= 0.3 is 0 Å². The van der Waals surface area contributed by atoms with Crippen LogP contribution in [0.3, 0.4) is 0 Å². The lowest BCUT2D eigenvalue weighted by atomic mass is 9.90. The molecule has 1 aliphatic carbocycles. The van der Waals surface area contributed by atoms with Gasteiger partial charge in [0, 0.05) is 48.6 Å². The number of nitrogens with one attached hydrogen (secondary N) is 1. The van der Waals surface area contributed by atoms with Gasteiger partial charge < -0.3 is 14.5 Å². The van der Waals surface area contributed by atoms with Crippen LogP contribution in [0.5, 0.6) is 0 Å². The fourth-order valence-electron chi connectivity index (χ4n) is 3.49. The summed E-state index contributed by atoms with van der Waals surface area (Å²) in [6, 6.07) is 5.79. The highest BCUT2D eigenvalue weighted by molar-refractivity contribution is 5.79. The summed E-state index contributed by atoms with van der Waals surface area (Å²) in [6.07, 6.45) is 9.63. The van der Waals surface area contributed by atoms with Gasteiger partial charge in [-0.3, -0.25) is 4.98 Å². The Morgan fingerprint density at radius 1 is 1.25 bits per heavy atom. The van der Waals surface area contributed by atoms with Gasteiger partial charge in [0.2, 0.25) is 0 Å². The van der Waals surface area contributed by atoms with Crippen LogP contribution < -0.4 is 0 Å². The third-order valence-electron chi connectivity index (χ3n) is 5.13. The molecule has 1 aliphatic rings. The Hall–Kier alpha value is -3.15. The van der Waals surface area contributed by atoms with Crippen LogP contribution >= 0.6 is 0 Å². The number of hydrogen-bond acceptors (Lipinski definition) is 4. The van der Waals surface area contributed by atoms with Crippen molar-refractivity contribution in [2.45, 2.75) is 26.4 Å². The molecule has 0 aliphatic heterocycles. The van der Waals surface area contributed by atoms with E-state index in [4.69, 9.17) is 9.47 Å². The van der Waals surface area contributed by atoms with E-state index in [0.29, 0.717) is 31.0 Å². The van der Waals surface area contributed by atoms with E-state index in [1.54, 1.807) is 25.7 Å². The van der Waals surface area contributed by atoms with Crippen LogP contribution in [0.25, 0.3) is 11.0 Å². The van der Waals surface area contributed by atoms with Crippen LogP contribution in [-0.2, 0) is 22.5 Å². The molecule has 0 aromatic carbocycles. The summed E-state index contributed by atoms with van der Waals surface area (Å²) in [5.74, 6) is 0.633. The first-order valence-electron chi connectivity index (χ1n) is 9.23. The smallest absolute Gasteiger partial charge is 0.159 e. The number of allylic oxidation sites excluding steroid dienone is 3. The van der Waals surface area contributed by atoms with Crippen molar-refractivity contribution in [1.82, 2.24) is 15.0 Å². The lowest BCUT2D eigenvalue weighted by Crippen LogP contribution is -2.14. The molecule has 1 unspecified atom stereocenters. The van der Waals surface area contributed by atoms with E-state index in [1.165, 1.54) is 6.08 Å². The van der Waals surface area contributed by atoms with Crippen molar-refractivity contribution in [3.8, 4) is 0 Å². The van der Waals surface area contributed by atoms with Crippen LogP contribution in [0.1, 0.15) is 23.1 Å². The Labute approximate surface area is 162 Å². The van der Waals surface area contributed by atoms with Gasteiger partial charge in [0.05, 0.1) is 7.11 Å².